The summed E-state index contributed by atoms with van der Waals surface area (Å²) in [6.07, 6.45) is 11.8. The van der Waals surface area contributed by atoms with Crippen LogP contribution in [-0.2, 0) is 13.0 Å². The van der Waals surface area contributed by atoms with E-state index < -0.39 is 0 Å². The third-order valence-corrected chi connectivity index (χ3v) is 7.60. The summed E-state index contributed by atoms with van der Waals surface area (Å²) in [7, 11) is 0. The first-order valence-corrected chi connectivity index (χ1v) is 11.6. The molecule has 0 aliphatic heterocycles. The highest BCUT2D eigenvalue weighted by atomic mass is 32.2. The second kappa shape index (κ2) is 7.59. The fourth-order valence-corrected chi connectivity index (χ4v) is 6.56. The molecule has 3 aliphatic rings. The summed E-state index contributed by atoms with van der Waals surface area (Å²) in [5.41, 5.74) is 0. The fourth-order valence-electron chi connectivity index (χ4n) is 6.04. The van der Waals surface area contributed by atoms with Crippen molar-refractivity contribution in [3.63, 3.8) is 0 Å². The van der Waals surface area contributed by atoms with Crippen LogP contribution in [-0.4, -0.2) is 33.6 Å². The number of rotatable bonds is 8. The number of nitrogens with zero attached hydrogens (tertiary/aromatic N) is 3. The maximum Gasteiger partial charge on any atom is 0.190 e. The van der Waals surface area contributed by atoms with Crippen LogP contribution in [0.4, 0.5) is 0 Å². The Hall–Kier alpha value is -0.550. The molecule has 0 amide bonds. The molecule has 0 saturated heterocycles. The van der Waals surface area contributed by atoms with Crippen LogP contribution in [0.15, 0.2) is 5.16 Å². The maximum atomic E-state index is 4.46. The normalized spacial score (nSPS) is 33.5. The first kappa shape index (κ1) is 17.8. The molecule has 0 spiro atoms. The van der Waals surface area contributed by atoms with Crippen molar-refractivity contribution in [2.75, 3.05) is 12.8 Å². The lowest BCUT2D eigenvalue weighted by Gasteiger charge is -2.32. The minimum atomic E-state index is 0.632. The van der Waals surface area contributed by atoms with Gasteiger partial charge in [-0.05, 0) is 74.5 Å². The molecule has 2 bridgehead atoms. The molecule has 3 saturated carbocycles. The SMILES string of the molecule is CSc1nnc(CCCNC2CC3CC2C2CCCC32)n1CC(C)C. The average Bonchev–Trinajstić information content (AvgIpc) is 3.33. The van der Waals surface area contributed by atoms with Gasteiger partial charge in [-0.3, -0.25) is 0 Å². The number of hydrogen-bond acceptors (Lipinski definition) is 4. The molecule has 5 unspecified atom stereocenters. The molecule has 5 atom stereocenters. The van der Waals surface area contributed by atoms with Crippen molar-refractivity contribution in [3.05, 3.63) is 5.82 Å². The van der Waals surface area contributed by atoms with Gasteiger partial charge in [0.1, 0.15) is 5.82 Å². The largest absolute Gasteiger partial charge is 0.314 e. The van der Waals surface area contributed by atoms with Crippen LogP contribution in [0.3, 0.4) is 0 Å². The van der Waals surface area contributed by atoms with E-state index in [1.54, 1.807) is 11.8 Å². The molecular formula is C20H34N4S. The van der Waals surface area contributed by atoms with E-state index in [1.807, 2.05) is 0 Å². The lowest BCUT2D eigenvalue weighted by Crippen LogP contribution is -2.39. The molecule has 1 aromatic heterocycles. The quantitative estimate of drug-likeness (QED) is 0.561. The van der Waals surface area contributed by atoms with Crippen molar-refractivity contribution in [1.82, 2.24) is 20.1 Å². The van der Waals surface area contributed by atoms with Gasteiger partial charge < -0.3 is 9.88 Å². The molecule has 0 radical (unpaired) electrons. The van der Waals surface area contributed by atoms with Gasteiger partial charge in [0.15, 0.2) is 5.16 Å². The molecule has 5 heteroatoms. The molecular weight excluding hydrogens is 328 g/mol. The highest BCUT2D eigenvalue weighted by Gasteiger charge is 2.53. The summed E-state index contributed by atoms with van der Waals surface area (Å²) in [5, 5.41) is 13.8. The minimum Gasteiger partial charge on any atom is -0.314 e. The van der Waals surface area contributed by atoms with Crippen molar-refractivity contribution >= 4 is 11.8 Å². The van der Waals surface area contributed by atoms with Crippen molar-refractivity contribution < 1.29 is 0 Å². The van der Waals surface area contributed by atoms with E-state index in [1.165, 1.54) is 44.3 Å². The van der Waals surface area contributed by atoms with Gasteiger partial charge in [-0.1, -0.05) is 32.0 Å². The summed E-state index contributed by atoms with van der Waals surface area (Å²) in [5.74, 6) is 6.01. The first-order chi connectivity index (χ1) is 12.2. The van der Waals surface area contributed by atoms with Gasteiger partial charge in [0.05, 0.1) is 0 Å². The highest BCUT2D eigenvalue weighted by molar-refractivity contribution is 7.98. The number of aryl methyl sites for hydroxylation is 1. The highest BCUT2D eigenvalue weighted by Crippen LogP contribution is 2.58. The van der Waals surface area contributed by atoms with Gasteiger partial charge in [-0.2, -0.15) is 0 Å². The third-order valence-electron chi connectivity index (χ3n) is 6.94. The average molecular weight is 363 g/mol. The molecule has 1 aromatic rings. The monoisotopic (exact) mass is 362 g/mol. The molecule has 4 rings (SSSR count). The van der Waals surface area contributed by atoms with Gasteiger partial charge in [-0.15, -0.1) is 10.2 Å². The van der Waals surface area contributed by atoms with E-state index in [0.717, 1.165) is 54.4 Å². The summed E-state index contributed by atoms with van der Waals surface area (Å²) in [6, 6.07) is 0.805. The lowest BCUT2D eigenvalue weighted by molar-refractivity contribution is 0.209. The Morgan fingerprint density at radius 2 is 2.00 bits per heavy atom. The fraction of sp³-hybridized carbons (Fsp3) is 0.900. The zero-order valence-electron chi connectivity index (χ0n) is 16.1. The predicted octanol–water partition coefficient (Wildman–Crippen LogP) is 4.00. The third kappa shape index (κ3) is 3.51. The Kier molecular flexibility index (Phi) is 5.42. The van der Waals surface area contributed by atoms with Crippen molar-refractivity contribution in [1.29, 1.82) is 0 Å². The van der Waals surface area contributed by atoms with Crippen molar-refractivity contribution in [3.8, 4) is 0 Å². The van der Waals surface area contributed by atoms with E-state index in [2.05, 4.69) is 40.2 Å². The minimum absolute atomic E-state index is 0.632. The summed E-state index contributed by atoms with van der Waals surface area (Å²) in [4.78, 5) is 0. The van der Waals surface area contributed by atoms with Crippen LogP contribution < -0.4 is 5.32 Å². The van der Waals surface area contributed by atoms with E-state index in [4.69, 9.17) is 0 Å². The molecule has 1 heterocycles. The standard InChI is InChI=1S/C20H34N4S/c1-13(2)12-24-19(22-23-20(24)25-3)8-5-9-21-18-11-14-10-17(18)16-7-4-6-15(14)16/h13-18,21H,4-12H2,1-3H3. The van der Waals surface area contributed by atoms with Crippen LogP contribution in [0.2, 0.25) is 0 Å². The summed E-state index contributed by atoms with van der Waals surface area (Å²) >= 11 is 1.71. The molecule has 4 nitrogen and oxygen atoms in total. The molecule has 0 aromatic carbocycles. The van der Waals surface area contributed by atoms with Crippen LogP contribution in [0.5, 0.6) is 0 Å². The maximum absolute atomic E-state index is 4.46. The van der Waals surface area contributed by atoms with Crippen LogP contribution in [0.1, 0.15) is 58.2 Å². The first-order valence-electron chi connectivity index (χ1n) is 10.4. The van der Waals surface area contributed by atoms with E-state index in [-0.39, 0.29) is 0 Å². The number of thioether (sulfide) groups is 1. The Morgan fingerprint density at radius 3 is 2.80 bits per heavy atom. The van der Waals surface area contributed by atoms with Crippen LogP contribution >= 0.6 is 11.8 Å². The molecule has 140 valence electrons. The molecule has 25 heavy (non-hydrogen) atoms. The van der Waals surface area contributed by atoms with Gasteiger partial charge in [0.2, 0.25) is 0 Å². The number of hydrogen-bond donors (Lipinski definition) is 1. The second-order valence-electron chi connectivity index (χ2n) is 8.93. The molecule has 1 N–H and O–H groups in total. The number of aromatic nitrogens is 3. The predicted molar refractivity (Wildman–Crippen MR) is 104 cm³/mol. The Balaban J connectivity index is 1.26. The molecule has 3 aliphatic carbocycles. The van der Waals surface area contributed by atoms with E-state index in [9.17, 15) is 0 Å². The zero-order valence-corrected chi connectivity index (χ0v) is 16.9. The second-order valence-corrected chi connectivity index (χ2v) is 9.70. The van der Waals surface area contributed by atoms with Crippen LogP contribution in [0, 0.1) is 29.6 Å². The van der Waals surface area contributed by atoms with E-state index in [0.29, 0.717) is 5.92 Å². The van der Waals surface area contributed by atoms with Gasteiger partial charge >= 0.3 is 0 Å². The Labute approximate surface area is 156 Å². The van der Waals surface area contributed by atoms with Gasteiger partial charge in [-0.25, -0.2) is 0 Å². The zero-order chi connectivity index (χ0) is 17.4. The van der Waals surface area contributed by atoms with Gasteiger partial charge in [0.25, 0.3) is 0 Å². The Bertz CT molecular complexity index is 584. The molecule has 3 fully saturated rings. The summed E-state index contributed by atoms with van der Waals surface area (Å²) in [6.45, 7) is 6.69. The smallest absolute Gasteiger partial charge is 0.190 e. The number of nitrogens with one attached hydrogen (secondary N) is 1. The summed E-state index contributed by atoms with van der Waals surface area (Å²) < 4.78 is 2.33. The Morgan fingerprint density at radius 1 is 1.16 bits per heavy atom. The van der Waals surface area contributed by atoms with Crippen LogP contribution in [0.25, 0.3) is 0 Å². The van der Waals surface area contributed by atoms with Crippen molar-refractivity contribution in [2.45, 2.75) is 76.5 Å². The number of fused-ring (bicyclic) bond motifs is 5. The lowest BCUT2D eigenvalue weighted by atomic mass is 9.79. The topological polar surface area (TPSA) is 42.7 Å². The van der Waals surface area contributed by atoms with Gasteiger partial charge in [0, 0.05) is 19.0 Å². The van der Waals surface area contributed by atoms with E-state index >= 15 is 0 Å². The van der Waals surface area contributed by atoms with Crippen molar-refractivity contribution in [2.24, 2.45) is 29.6 Å².